The fourth-order valence-corrected chi connectivity index (χ4v) is 2.73. The Hall–Kier alpha value is -1.15. The van der Waals surface area contributed by atoms with E-state index in [4.69, 9.17) is 0 Å². The van der Waals surface area contributed by atoms with Crippen molar-refractivity contribution in [3.05, 3.63) is 28.0 Å². The number of rotatable bonds is 5. The number of aryl methyl sites for hydroxylation is 1. The summed E-state index contributed by atoms with van der Waals surface area (Å²) in [6, 6.07) is 2.54. The molecule has 106 valence electrons. The standard InChI is InChI=1S/C11H13BrFNO4S/c1-7-5-9(13)8(12)6-10(7)14-19(16,17)4-3-11(15)18-2/h5-6,14H,3-4H2,1-2H3. The third-order valence-electron chi connectivity index (χ3n) is 2.34. The second-order valence-corrected chi connectivity index (χ2v) is 6.52. The van der Waals surface area contributed by atoms with Gasteiger partial charge in [0.1, 0.15) is 5.82 Å². The molecular weight excluding hydrogens is 341 g/mol. The van der Waals surface area contributed by atoms with Gasteiger partial charge in [-0.2, -0.15) is 0 Å². The first-order valence-electron chi connectivity index (χ1n) is 5.28. The number of nitrogens with one attached hydrogen (secondary N) is 1. The van der Waals surface area contributed by atoms with Gasteiger partial charge in [-0.05, 0) is 40.5 Å². The first-order chi connectivity index (χ1) is 8.75. The molecule has 0 bridgehead atoms. The van der Waals surface area contributed by atoms with Crippen LogP contribution in [0.15, 0.2) is 16.6 Å². The lowest BCUT2D eigenvalue weighted by Crippen LogP contribution is -2.20. The van der Waals surface area contributed by atoms with Crippen LogP contribution in [0.2, 0.25) is 0 Å². The van der Waals surface area contributed by atoms with Gasteiger partial charge in [0.05, 0.1) is 29.4 Å². The number of carbonyl (C=O) groups is 1. The van der Waals surface area contributed by atoms with Crippen LogP contribution in [0.4, 0.5) is 10.1 Å². The Balaban J connectivity index is 2.84. The number of anilines is 1. The monoisotopic (exact) mass is 353 g/mol. The van der Waals surface area contributed by atoms with Gasteiger partial charge in [0, 0.05) is 0 Å². The molecule has 8 heteroatoms. The minimum absolute atomic E-state index is 0.156. The number of methoxy groups -OCH3 is 1. The topological polar surface area (TPSA) is 72.5 Å². The van der Waals surface area contributed by atoms with Crippen LogP contribution in [0.5, 0.6) is 0 Å². The van der Waals surface area contributed by atoms with Gasteiger partial charge in [-0.25, -0.2) is 12.8 Å². The van der Waals surface area contributed by atoms with E-state index in [2.05, 4.69) is 25.4 Å². The summed E-state index contributed by atoms with van der Waals surface area (Å²) in [6.07, 6.45) is -0.243. The summed E-state index contributed by atoms with van der Waals surface area (Å²) in [6.45, 7) is 1.58. The molecule has 1 N–H and O–H groups in total. The second kappa shape index (κ2) is 6.33. The van der Waals surface area contributed by atoms with Crippen LogP contribution in [0, 0.1) is 12.7 Å². The zero-order valence-corrected chi connectivity index (χ0v) is 12.8. The van der Waals surface area contributed by atoms with E-state index in [9.17, 15) is 17.6 Å². The van der Waals surface area contributed by atoms with Crippen LogP contribution < -0.4 is 4.72 Å². The summed E-state index contributed by atoms with van der Waals surface area (Å²) in [5, 5.41) is 0. The predicted molar refractivity (Wildman–Crippen MR) is 72.9 cm³/mol. The molecule has 1 aromatic rings. The lowest BCUT2D eigenvalue weighted by Gasteiger charge is -2.11. The smallest absolute Gasteiger partial charge is 0.306 e. The summed E-state index contributed by atoms with van der Waals surface area (Å²) >= 11 is 2.98. The van der Waals surface area contributed by atoms with Crippen molar-refractivity contribution in [2.24, 2.45) is 0 Å². The van der Waals surface area contributed by atoms with Gasteiger partial charge in [0.2, 0.25) is 10.0 Å². The Morgan fingerprint density at radius 1 is 1.47 bits per heavy atom. The Kier molecular flexibility index (Phi) is 5.30. The summed E-state index contributed by atoms with van der Waals surface area (Å²) < 4.78 is 43.5. The second-order valence-electron chi connectivity index (χ2n) is 3.83. The molecule has 1 aromatic carbocycles. The zero-order chi connectivity index (χ0) is 14.6. The van der Waals surface area contributed by atoms with Gasteiger partial charge >= 0.3 is 5.97 Å². The Morgan fingerprint density at radius 2 is 2.11 bits per heavy atom. The predicted octanol–water partition coefficient (Wildman–Crippen LogP) is 2.20. The molecule has 0 aromatic heterocycles. The van der Waals surface area contributed by atoms with Crippen LogP contribution in [-0.2, 0) is 19.6 Å². The van der Waals surface area contributed by atoms with Crippen LogP contribution in [0.3, 0.4) is 0 Å². The molecule has 0 spiro atoms. The normalized spacial score (nSPS) is 11.2. The van der Waals surface area contributed by atoms with Gasteiger partial charge in [0.25, 0.3) is 0 Å². The Morgan fingerprint density at radius 3 is 2.68 bits per heavy atom. The van der Waals surface area contributed by atoms with Gasteiger partial charge < -0.3 is 4.74 Å². The molecule has 0 amide bonds. The number of benzene rings is 1. The molecule has 1 rings (SSSR count). The molecule has 0 saturated carbocycles. The number of halogens is 2. The highest BCUT2D eigenvalue weighted by molar-refractivity contribution is 9.10. The van der Waals surface area contributed by atoms with Crippen molar-refractivity contribution in [2.75, 3.05) is 17.6 Å². The van der Waals surface area contributed by atoms with Crippen molar-refractivity contribution in [3.8, 4) is 0 Å². The summed E-state index contributed by atoms with van der Waals surface area (Å²) in [4.78, 5) is 10.9. The van der Waals surface area contributed by atoms with E-state index >= 15 is 0 Å². The fourth-order valence-electron chi connectivity index (χ4n) is 1.29. The third-order valence-corrected chi connectivity index (χ3v) is 4.22. The van der Waals surface area contributed by atoms with Crippen LogP contribution >= 0.6 is 15.9 Å². The average Bonchev–Trinajstić information content (AvgIpc) is 2.33. The lowest BCUT2D eigenvalue weighted by molar-refractivity contribution is -0.140. The van der Waals surface area contributed by atoms with E-state index in [1.165, 1.54) is 19.2 Å². The molecule has 0 radical (unpaired) electrons. The molecular formula is C11H13BrFNO4S. The minimum atomic E-state index is -3.69. The first kappa shape index (κ1) is 15.9. The van der Waals surface area contributed by atoms with Crippen molar-refractivity contribution < 1.29 is 22.3 Å². The number of carbonyl (C=O) groups excluding carboxylic acids is 1. The van der Waals surface area contributed by atoms with Crippen molar-refractivity contribution in [1.82, 2.24) is 0 Å². The van der Waals surface area contributed by atoms with E-state index < -0.39 is 27.6 Å². The molecule has 0 aliphatic rings. The van der Waals surface area contributed by atoms with Crippen molar-refractivity contribution in [1.29, 1.82) is 0 Å². The number of hydrogen-bond donors (Lipinski definition) is 1. The van der Waals surface area contributed by atoms with Crippen molar-refractivity contribution >= 4 is 37.6 Å². The van der Waals surface area contributed by atoms with Crippen molar-refractivity contribution in [3.63, 3.8) is 0 Å². The maximum atomic E-state index is 13.2. The highest BCUT2D eigenvalue weighted by Crippen LogP contribution is 2.25. The zero-order valence-electron chi connectivity index (χ0n) is 10.4. The number of hydrogen-bond acceptors (Lipinski definition) is 4. The maximum Gasteiger partial charge on any atom is 0.306 e. The van der Waals surface area contributed by atoms with E-state index in [-0.39, 0.29) is 16.6 Å². The van der Waals surface area contributed by atoms with E-state index in [0.29, 0.717) is 5.56 Å². The van der Waals surface area contributed by atoms with Crippen LogP contribution in [0.25, 0.3) is 0 Å². The quantitative estimate of drug-likeness (QED) is 0.823. The molecule has 0 atom stereocenters. The summed E-state index contributed by atoms with van der Waals surface area (Å²) in [5.74, 6) is -1.48. The van der Waals surface area contributed by atoms with E-state index in [0.717, 1.165) is 0 Å². The molecule has 0 aliphatic carbocycles. The molecule has 0 saturated heterocycles. The SMILES string of the molecule is COC(=O)CCS(=O)(=O)Nc1cc(Br)c(F)cc1C. The molecule has 19 heavy (non-hydrogen) atoms. The molecule has 0 fully saturated rings. The minimum Gasteiger partial charge on any atom is -0.469 e. The van der Waals surface area contributed by atoms with Crippen LogP contribution in [0.1, 0.15) is 12.0 Å². The average molecular weight is 354 g/mol. The third kappa shape index (κ3) is 4.79. The largest absolute Gasteiger partial charge is 0.469 e. The van der Waals surface area contributed by atoms with Gasteiger partial charge in [-0.15, -0.1) is 0 Å². The van der Waals surface area contributed by atoms with E-state index in [1.54, 1.807) is 6.92 Å². The summed E-state index contributed by atoms with van der Waals surface area (Å²) in [5.41, 5.74) is 0.709. The number of esters is 1. The van der Waals surface area contributed by atoms with Gasteiger partial charge in [-0.3, -0.25) is 9.52 Å². The summed E-state index contributed by atoms with van der Waals surface area (Å²) in [7, 11) is -2.50. The highest BCUT2D eigenvalue weighted by Gasteiger charge is 2.15. The molecule has 0 aliphatic heterocycles. The Labute approximate surface area is 119 Å². The van der Waals surface area contributed by atoms with Gasteiger partial charge in [-0.1, -0.05) is 0 Å². The van der Waals surface area contributed by atoms with Crippen molar-refractivity contribution in [2.45, 2.75) is 13.3 Å². The van der Waals surface area contributed by atoms with E-state index in [1.807, 2.05) is 0 Å². The van der Waals surface area contributed by atoms with Gasteiger partial charge in [0.15, 0.2) is 0 Å². The fraction of sp³-hybridized carbons (Fsp3) is 0.364. The number of sulfonamides is 1. The Bertz CT molecular complexity index is 589. The molecule has 0 unspecified atom stereocenters. The molecule has 5 nitrogen and oxygen atoms in total. The maximum absolute atomic E-state index is 13.2. The lowest BCUT2D eigenvalue weighted by atomic mass is 10.2. The van der Waals surface area contributed by atoms with Crippen LogP contribution in [-0.4, -0.2) is 27.2 Å². The highest BCUT2D eigenvalue weighted by atomic mass is 79.9. The first-order valence-corrected chi connectivity index (χ1v) is 7.72. The molecule has 0 heterocycles. The number of ether oxygens (including phenoxy) is 1.